The molecule has 2 nitrogen and oxygen atoms in total. The van der Waals surface area contributed by atoms with Gasteiger partial charge in [0.2, 0.25) is 0 Å². The highest BCUT2D eigenvalue weighted by Crippen LogP contribution is 2.10. The summed E-state index contributed by atoms with van der Waals surface area (Å²) in [5.74, 6) is 1.57. The minimum absolute atomic E-state index is 0.786. The lowest BCUT2D eigenvalue weighted by Gasteiger charge is -2.27. The van der Waals surface area contributed by atoms with Gasteiger partial charge in [0.05, 0.1) is 6.67 Å². The van der Waals surface area contributed by atoms with Gasteiger partial charge in [-0.3, -0.25) is 9.80 Å². The van der Waals surface area contributed by atoms with Gasteiger partial charge in [0.25, 0.3) is 0 Å². The largest absolute Gasteiger partial charge is 0.294 e. The quantitative estimate of drug-likeness (QED) is 0.586. The van der Waals surface area contributed by atoms with Gasteiger partial charge in [-0.2, -0.15) is 0 Å². The van der Waals surface area contributed by atoms with E-state index in [9.17, 15) is 0 Å². The number of nitrogens with zero attached hydrogens (tertiary/aromatic N) is 2. The molecular formula is C11H26N2. The van der Waals surface area contributed by atoms with E-state index in [1.165, 1.54) is 6.54 Å². The Morgan fingerprint density at radius 1 is 1.00 bits per heavy atom. The molecule has 0 aromatic rings. The average molecular weight is 186 g/mol. The standard InChI is InChI=1S/C11H26N2/c1-7-12(5)9-13(6)8-11(4)10(2)3/h10-11H,7-9H2,1-6H3. The van der Waals surface area contributed by atoms with Crippen LogP contribution in [0.25, 0.3) is 0 Å². The van der Waals surface area contributed by atoms with Crippen molar-refractivity contribution in [1.29, 1.82) is 0 Å². The Morgan fingerprint density at radius 3 is 1.92 bits per heavy atom. The van der Waals surface area contributed by atoms with Crippen LogP contribution in [0.5, 0.6) is 0 Å². The number of hydrogen-bond donors (Lipinski definition) is 0. The summed E-state index contributed by atoms with van der Waals surface area (Å²) < 4.78 is 0. The molecule has 1 atom stereocenters. The summed E-state index contributed by atoms with van der Waals surface area (Å²) in [6, 6.07) is 0. The Bertz CT molecular complexity index is 123. The maximum absolute atomic E-state index is 2.40. The molecule has 1 unspecified atom stereocenters. The van der Waals surface area contributed by atoms with Gasteiger partial charge in [-0.25, -0.2) is 0 Å². The zero-order valence-corrected chi connectivity index (χ0v) is 10.2. The van der Waals surface area contributed by atoms with Gasteiger partial charge in [0, 0.05) is 6.54 Å². The number of hydrogen-bond acceptors (Lipinski definition) is 2. The molecule has 0 aliphatic carbocycles. The molecule has 0 fully saturated rings. The molecule has 0 aromatic heterocycles. The van der Waals surface area contributed by atoms with Crippen molar-refractivity contribution < 1.29 is 0 Å². The molecule has 0 saturated carbocycles. The summed E-state index contributed by atoms with van der Waals surface area (Å²) in [7, 11) is 4.36. The third kappa shape index (κ3) is 6.05. The van der Waals surface area contributed by atoms with Gasteiger partial charge >= 0.3 is 0 Å². The van der Waals surface area contributed by atoms with Crippen LogP contribution in [0.3, 0.4) is 0 Å². The Balaban J connectivity index is 3.67. The van der Waals surface area contributed by atoms with Gasteiger partial charge in [0.15, 0.2) is 0 Å². The molecule has 13 heavy (non-hydrogen) atoms. The lowest BCUT2D eigenvalue weighted by atomic mass is 9.98. The van der Waals surface area contributed by atoms with Crippen molar-refractivity contribution in [2.75, 3.05) is 33.9 Å². The highest BCUT2D eigenvalue weighted by atomic mass is 15.3. The van der Waals surface area contributed by atoms with Crippen LogP contribution < -0.4 is 0 Å². The topological polar surface area (TPSA) is 6.48 Å². The molecule has 80 valence electrons. The molecule has 0 aliphatic rings. The van der Waals surface area contributed by atoms with Crippen molar-refractivity contribution in [1.82, 2.24) is 9.80 Å². The van der Waals surface area contributed by atoms with Crippen molar-refractivity contribution in [3.63, 3.8) is 0 Å². The summed E-state index contributed by atoms with van der Waals surface area (Å²) in [4.78, 5) is 4.72. The van der Waals surface area contributed by atoms with Crippen molar-refractivity contribution in [3.8, 4) is 0 Å². The average Bonchev–Trinajstić information content (AvgIpc) is 2.03. The van der Waals surface area contributed by atoms with E-state index in [1.54, 1.807) is 0 Å². The van der Waals surface area contributed by atoms with Crippen LogP contribution in [0.15, 0.2) is 0 Å². The second-order valence-corrected chi connectivity index (χ2v) is 4.57. The monoisotopic (exact) mass is 186 g/mol. The third-order valence-corrected chi connectivity index (χ3v) is 2.76. The Labute approximate surface area is 83.9 Å². The molecule has 2 heteroatoms. The maximum atomic E-state index is 2.40. The third-order valence-electron chi connectivity index (χ3n) is 2.76. The first-order valence-corrected chi connectivity index (χ1v) is 5.34. The molecule has 0 radical (unpaired) electrons. The van der Waals surface area contributed by atoms with Gasteiger partial charge in [-0.1, -0.05) is 27.7 Å². The van der Waals surface area contributed by atoms with E-state index in [4.69, 9.17) is 0 Å². The highest BCUT2D eigenvalue weighted by molar-refractivity contribution is 4.61. The SMILES string of the molecule is CCN(C)CN(C)CC(C)C(C)C. The molecule has 0 heterocycles. The Morgan fingerprint density at radius 2 is 1.54 bits per heavy atom. The van der Waals surface area contributed by atoms with E-state index in [1.807, 2.05) is 0 Å². The zero-order valence-electron chi connectivity index (χ0n) is 10.2. The smallest absolute Gasteiger partial charge is 0.0500 e. The first-order valence-electron chi connectivity index (χ1n) is 5.34. The lowest BCUT2D eigenvalue weighted by molar-refractivity contribution is 0.159. The van der Waals surface area contributed by atoms with E-state index in [0.717, 1.165) is 25.0 Å². The van der Waals surface area contributed by atoms with Crippen LogP contribution in [0, 0.1) is 11.8 Å². The molecule has 0 aliphatic heterocycles. The predicted octanol–water partition coefficient (Wildman–Crippen LogP) is 2.12. The van der Waals surface area contributed by atoms with E-state index in [0.29, 0.717) is 0 Å². The summed E-state index contributed by atoms with van der Waals surface area (Å²) in [6.45, 7) is 12.5. The summed E-state index contributed by atoms with van der Waals surface area (Å²) in [5, 5.41) is 0. The van der Waals surface area contributed by atoms with E-state index in [-0.39, 0.29) is 0 Å². The fraction of sp³-hybridized carbons (Fsp3) is 1.00. The van der Waals surface area contributed by atoms with Gasteiger partial charge in [0.1, 0.15) is 0 Å². The number of rotatable bonds is 6. The van der Waals surface area contributed by atoms with Crippen LogP contribution in [-0.2, 0) is 0 Å². The van der Waals surface area contributed by atoms with Crippen LogP contribution >= 0.6 is 0 Å². The van der Waals surface area contributed by atoms with Gasteiger partial charge in [-0.05, 0) is 32.5 Å². The lowest BCUT2D eigenvalue weighted by Crippen LogP contribution is -2.36. The fourth-order valence-electron chi connectivity index (χ4n) is 1.27. The second-order valence-electron chi connectivity index (χ2n) is 4.57. The summed E-state index contributed by atoms with van der Waals surface area (Å²) in [6.07, 6.45) is 0. The van der Waals surface area contributed by atoms with Crippen molar-refractivity contribution in [2.24, 2.45) is 11.8 Å². The molecule has 0 amide bonds. The van der Waals surface area contributed by atoms with Crippen LogP contribution in [0.2, 0.25) is 0 Å². The van der Waals surface area contributed by atoms with Crippen LogP contribution in [-0.4, -0.2) is 43.7 Å². The normalized spacial score (nSPS) is 14.5. The van der Waals surface area contributed by atoms with Crippen molar-refractivity contribution >= 4 is 0 Å². The minimum atomic E-state index is 0.786. The van der Waals surface area contributed by atoms with E-state index < -0.39 is 0 Å². The van der Waals surface area contributed by atoms with Crippen molar-refractivity contribution in [2.45, 2.75) is 27.7 Å². The Kier molecular flexibility index (Phi) is 6.35. The molecule has 0 N–H and O–H groups in total. The molecule has 0 rings (SSSR count). The van der Waals surface area contributed by atoms with Crippen LogP contribution in [0.1, 0.15) is 27.7 Å². The molecular weight excluding hydrogens is 160 g/mol. The second kappa shape index (κ2) is 6.39. The fourth-order valence-corrected chi connectivity index (χ4v) is 1.27. The van der Waals surface area contributed by atoms with E-state index >= 15 is 0 Å². The van der Waals surface area contributed by atoms with Gasteiger partial charge < -0.3 is 0 Å². The first-order chi connectivity index (χ1) is 5.97. The molecule has 0 aromatic carbocycles. The summed E-state index contributed by atoms with van der Waals surface area (Å²) >= 11 is 0. The maximum Gasteiger partial charge on any atom is 0.0500 e. The minimum Gasteiger partial charge on any atom is -0.294 e. The zero-order chi connectivity index (χ0) is 10.4. The van der Waals surface area contributed by atoms with Crippen LogP contribution in [0.4, 0.5) is 0 Å². The Hall–Kier alpha value is -0.0800. The molecule has 0 saturated heterocycles. The highest BCUT2D eigenvalue weighted by Gasteiger charge is 2.10. The van der Waals surface area contributed by atoms with E-state index in [2.05, 4.69) is 51.6 Å². The molecule has 0 spiro atoms. The molecule has 0 bridgehead atoms. The van der Waals surface area contributed by atoms with Gasteiger partial charge in [-0.15, -0.1) is 0 Å². The summed E-state index contributed by atoms with van der Waals surface area (Å²) in [5.41, 5.74) is 0. The first kappa shape index (κ1) is 12.9. The predicted molar refractivity (Wildman–Crippen MR) is 59.8 cm³/mol. The van der Waals surface area contributed by atoms with Crippen molar-refractivity contribution in [3.05, 3.63) is 0 Å².